The number of carbonyl (C=O) groups excluding carboxylic acids is 1. The number of carboxylic acid groups (broad SMARTS) is 1. The third-order valence-electron chi connectivity index (χ3n) is 2.62. The predicted molar refractivity (Wildman–Crippen MR) is 62.7 cm³/mol. The smallest absolute Gasteiger partial charge is 0.419 e. The van der Waals surface area contributed by atoms with Crippen LogP contribution < -0.4 is 5.76 Å². The molecule has 0 saturated carbocycles. The Morgan fingerprint density at radius 1 is 1.39 bits per heavy atom. The quantitative estimate of drug-likeness (QED) is 0.824. The van der Waals surface area contributed by atoms with Gasteiger partial charge >= 0.3 is 11.7 Å². The molecule has 0 unspecified atom stereocenters. The number of ketones is 1. The van der Waals surface area contributed by atoms with Crippen LogP contribution in [0.15, 0.2) is 27.4 Å². The lowest BCUT2D eigenvalue weighted by Gasteiger charge is -1.99. The number of aromatic nitrogens is 1. The number of carboxylic acids is 1. The summed E-state index contributed by atoms with van der Waals surface area (Å²) in [6.07, 6.45) is -0.164. The zero-order chi connectivity index (χ0) is 13.3. The van der Waals surface area contributed by atoms with Crippen LogP contribution in [0.3, 0.4) is 0 Å². The van der Waals surface area contributed by atoms with E-state index < -0.39 is 11.7 Å². The molecular weight excluding hydrogens is 238 g/mol. The molecule has 2 aromatic rings. The third-order valence-corrected chi connectivity index (χ3v) is 2.62. The van der Waals surface area contributed by atoms with Crippen molar-refractivity contribution in [2.45, 2.75) is 19.9 Å². The molecule has 1 heterocycles. The molecule has 0 aliphatic rings. The number of oxazole rings is 1. The molecule has 0 radical (unpaired) electrons. The summed E-state index contributed by atoms with van der Waals surface area (Å²) in [6.45, 7) is 1.46. The van der Waals surface area contributed by atoms with E-state index in [2.05, 4.69) is 0 Å². The molecule has 0 aliphatic carbocycles. The number of hydrogen-bond acceptors (Lipinski definition) is 4. The highest BCUT2D eigenvalue weighted by atomic mass is 16.4. The van der Waals surface area contributed by atoms with Crippen LogP contribution in [-0.4, -0.2) is 21.4 Å². The molecule has 6 heteroatoms. The fourth-order valence-electron chi connectivity index (χ4n) is 1.70. The second-order valence-electron chi connectivity index (χ2n) is 3.90. The summed E-state index contributed by atoms with van der Waals surface area (Å²) in [6, 6.07) is 4.64. The number of aliphatic carboxylic acids is 1. The summed E-state index contributed by atoms with van der Waals surface area (Å²) in [5.74, 6) is -1.73. The fourth-order valence-corrected chi connectivity index (χ4v) is 1.70. The zero-order valence-corrected chi connectivity index (χ0v) is 9.67. The molecule has 1 N–H and O–H groups in total. The van der Waals surface area contributed by atoms with E-state index >= 15 is 0 Å². The van der Waals surface area contributed by atoms with Crippen LogP contribution in [0.4, 0.5) is 0 Å². The van der Waals surface area contributed by atoms with Gasteiger partial charge in [0.15, 0.2) is 11.4 Å². The van der Waals surface area contributed by atoms with Crippen molar-refractivity contribution in [2.75, 3.05) is 0 Å². The Kier molecular flexibility index (Phi) is 3.01. The number of benzene rings is 1. The van der Waals surface area contributed by atoms with Gasteiger partial charge < -0.3 is 9.52 Å². The van der Waals surface area contributed by atoms with E-state index in [1.165, 1.54) is 17.6 Å². The van der Waals surface area contributed by atoms with E-state index in [4.69, 9.17) is 9.52 Å². The van der Waals surface area contributed by atoms with Gasteiger partial charge in [0.2, 0.25) is 0 Å². The molecule has 0 fully saturated rings. The molecule has 1 aromatic carbocycles. The Morgan fingerprint density at radius 2 is 2.11 bits per heavy atom. The van der Waals surface area contributed by atoms with E-state index in [0.717, 1.165) is 0 Å². The van der Waals surface area contributed by atoms with Crippen LogP contribution in [-0.2, 0) is 11.3 Å². The summed E-state index contributed by atoms with van der Waals surface area (Å²) in [4.78, 5) is 33.2. The summed E-state index contributed by atoms with van der Waals surface area (Å²) in [5.41, 5.74) is 1.23. The molecule has 0 spiro atoms. The van der Waals surface area contributed by atoms with Crippen molar-refractivity contribution < 1.29 is 19.1 Å². The van der Waals surface area contributed by atoms with E-state index in [0.29, 0.717) is 11.1 Å². The first kappa shape index (κ1) is 12.1. The van der Waals surface area contributed by atoms with Crippen LogP contribution in [0, 0.1) is 0 Å². The highest BCUT2D eigenvalue weighted by Gasteiger charge is 2.12. The highest BCUT2D eigenvalue weighted by molar-refractivity contribution is 5.96. The SMILES string of the molecule is CC(=O)c1ccc2c(c1)oc(=O)n2CCC(=O)O. The van der Waals surface area contributed by atoms with Gasteiger partial charge in [-0.05, 0) is 25.1 Å². The largest absolute Gasteiger partial charge is 0.481 e. The van der Waals surface area contributed by atoms with E-state index in [1.807, 2.05) is 0 Å². The van der Waals surface area contributed by atoms with Gasteiger partial charge in [0, 0.05) is 12.1 Å². The standard InChI is InChI=1S/C12H11NO5/c1-7(14)8-2-3-9-10(6-8)18-12(17)13(9)5-4-11(15)16/h2-3,6H,4-5H2,1H3,(H,15,16). The number of Topliss-reactive ketones (excluding diaryl/α,β-unsaturated/α-hetero) is 1. The van der Waals surface area contributed by atoms with Crippen LogP contribution in [0.25, 0.3) is 11.1 Å². The maximum absolute atomic E-state index is 11.6. The molecule has 0 bridgehead atoms. The van der Waals surface area contributed by atoms with Gasteiger partial charge in [0.1, 0.15) is 0 Å². The first-order valence-corrected chi connectivity index (χ1v) is 5.35. The van der Waals surface area contributed by atoms with Crippen LogP contribution in [0.5, 0.6) is 0 Å². The third kappa shape index (κ3) is 2.17. The van der Waals surface area contributed by atoms with Crippen LogP contribution >= 0.6 is 0 Å². The zero-order valence-electron chi connectivity index (χ0n) is 9.67. The van der Waals surface area contributed by atoms with E-state index in [-0.39, 0.29) is 24.3 Å². The van der Waals surface area contributed by atoms with E-state index in [9.17, 15) is 14.4 Å². The van der Waals surface area contributed by atoms with Gasteiger partial charge in [0.05, 0.1) is 11.9 Å². The summed E-state index contributed by atoms with van der Waals surface area (Å²) < 4.78 is 6.23. The van der Waals surface area contributed by atoms with Gasteiger partial charge in [-0.2, -0.15) is 0 Å². The topological polar surface area (TPSA) is 89.5 Å². The minimum Gasteiger partial charge on any atom is -0.481 e. The second kappa shape index (κ2) is 4.48. The summed E-state index contributed by atoms with van der Waals surface area (Å²) in [7, 11) is 0. The maximum atomic E-state index is 11.6. The molecule has 94 valence electrons. The first-order valence-electron chi connectivity index (χ1n) is 5.35. The minimum atomic E-state index is -0.989. The van der Waals surface area contributed by atoms with Crippen LogP contribution in [0.1, 0.15) is 23.7 Å². The average Bonchev–Trinajstić information content (AvgIpc) is 2.60. The van der Waals surface area contributed by atoms with Crippen molar-refractivity contribution in [1.29, 1.82) is 0 Å². The number of aryl methyl sites for hydroxylation is 1. The number of nitrogens with zero attached hydrogens (tertiary/aromatic N) is 1. The first-order chi connectivity index (χ1) is 8.49. The normalized spacial score (nSPS) is 10.7. The fraction of sp³-hybridized carbons (Fsp3) is 0.250. The van der Waals surface area contributed by atoms with Gasteiger partial charge in [0.25, 0.3) is 0 Å². The molecule has 6 nitrogen and oxygen atoms in total. The molecule has 0 aliphatic heterocycles. The van der Waals surface area contributed by atoms with Crippen molar-refractivity contribution in [3.05, 3.63) is 34.3 Å². The van der Waals surface area contributed by atoms with Crippen molar-refractivity contribution in [3.63, 3.8) is 0 Å². The van der Waals surface area contributed by atoms with Gasteiger partial charge in [-0.3, -0.25) is 14.2 Å². The van der Waals surface area contributed by atoms with Crippen molar-refractivity contribution in [2.24, 2.45) is 0 Å². The predicted octanol–water partition coefficient (Wildman–Crippen LogP) is 1.27. The highest BCUT2D eigenvalue weighted by Crippen LogP contribution is 2.15. The van der Waals surface area contributed by atoms with Gasteiger partial charge in [-0.15, -0.1) is 0 Å². The van der Waals surface area contributed by atoms with Gasteiger partial charge in [-0.25, -0.2) is 4.79 Å². The van der Waals surface area contributed by atoms with Crippen molar-refractivity contribution in [3.8, 4) is 0 Å². The second-order valence-corrected chi connectivity index (χ2v) is 3.90. The maximum Gasteiger partial charge on any atom is 0.419 e. The Morgan fingerprint density at radius 3 is 2.72 bits per heavy atom. The molecule has 18 heavy (non-hydrogen) atoms. The molecule has 0 amide bonds. The molecular formula is C12H11NO5. The molecule has 2 rings (SSSR count). The molecule has 1 aromatic heterocycles. The van der Waals surface area contributed by atoms with E-state index in [1.54, 1.807) is 12.1 Å². The lowest BCUT2D eigenvalue weighted by Crippen LogP contribution is -2.16. The Labute approximate surface area is 101 Å². The molecule has 0 atom stereocenters. The Hall–Kier alpha value is -2.37. The number of hydrogen-bond donors (Lipinski definition) is 1. The average molecular weight is 249 g/mol. The van der Waals surface area contributed by atoms with Crippen LogP contribution in [0.2, 0.25) is 0 Å². The van der Waals surface area contributed by atoms with Gasteiger partial charge in [-0.1, -0.05) is 0 Å². The van der Waals surface area contributed by atoms with Crippen molar-refractivity contribution in [1.82, 2.24) is 4.57 Å². The monoisotopic (exact) mass is 249 g/mol. The lowest BCUT2D eigenvalue weighted by atomic mass is 10.1. The minimum absolute atomic E-state index is 0.0422. The Bertz CT molecular complexity index is 679. The summed E-state index contributed by atoms with van der Waals surface area (Å²) in [5, 5.41) is 8.60. The number of rotatable bonds is 4. The number of fused-ring (bicyclic) bond motifs is 1. The lowest BCUT2D eigenvalue weighted by molar-refractivity contribution is -0.137. The summed E-state index contributed by atoms with van der Waals surface area (Å²) >= 11 is 0. The van der Waals surface area contributed by atoms with Crippen molar-refractivity contribution >= 4 is 22.9 Å². The molecule has 0 saturated heterocycles. The number of carbonyl (C=O) groups is 2. The Balaban J connectivity index is 2.49.